The maximum absolute atomic E-state index is 4.27. The summed E-state index contributed by atoms with van der Waals surface area (Å²) < 4.78 is 2.06. The average molecular weight is 234 g/mol. The van der Waals surface area contributed by atoms with Crippen molar-refractivity contribution in [3.05, 3.63) is 12.2 Å². The number of nitrogens with zero attached hydrogens (tertiary/aromatic N) is 3. The highest BCUT2D eigenvalue weighted by atomic mass is 15.3. The number of aryl methyl sites for hydroxylation is 1. The predicted octanol–water partition coefficient (Wildman–Crippen LogP) is 1.76. The molecule has 1 aromatic rings. The molecule has 1 fully saturated rings. The molecule has 1 aliphatic heterocycles. The van der Waals surface area contributed by atoms with E-state index in [0.717, 1.165) is 24.7 Å². The minimum atomic E-state index is 0.603. The third kappa shape index (κ3) is 2.68. The second kappa shape index (κ2) is 5.17. The highest BCUT2D eigenvalue weighted by Gasteiger charge is 2.21. The lowest BCUT2D eigenvalue weighted by molar-refractivity contribution is 0.295. The molecular formula is C13H22N4. The first-order valence-corrected chi connectivity index (χ1v) is 7.02. The summed E-state index contributed by atoms with van der Waals surface area (Å²) in [5.74, 6) is 2.07. The van der Waals surface area contributed by atoms with Gasteiger partial charge >= 0.3 is 0 Å². The summed E-state index contributed by atoms with van der Waals surface area (Å²) >= 11 is 0. The standard InChI is InChI=1S/C13H22N4/c1-2-4-11(5-3-1)8-14-12-6-7-13-15-10-16-17(13)9-12/h10-12,14H,1-9H2. The summed E-state index contributed by atoms with van der Waals surface area (Å²) in [6.45, 7) is 2.21. The van der Waals surface area contributed by atoms with Gasteiger partial charge in [0, 0.05) is 12.5 Å². The largest absolute Gasteiger partial charge is 0.312 e. The van der Waals surface area contributed by atoms with E-state index >= 15 is 0 Å². The van der Waals surface area contributed by atoms with E-state index < -0.39 is 0 Å². The van der Waals surface area contributed by atoms with Crippen LogP contribution in [0.2, 0.25) is 0 Å². The summed E-state index contributed by atoms with van der Waals surface area (Å²) in [6.07, 6.45) is 11.1. The quantitative estimate of drug-likeness (QED) is 0.866. The fraction of sp³-hybridized carbons (Fsp3) is 0.846. The van der Waals surface area contributed by atoms with Crippen LogP contribution in [0.1, 0.15) is 44.3 Å². The molecule has 1 N–H and O–H groups in total. The maximum atomic E-state index is 4.27. The number of rotatable bonds is 3. The minimum Gasteiger partial charge on any atom is -0.312 e. The highest BCUT2D eigenvalue weighted by molar-refractivity contribution is 4.92. The van der Waals surface area contributed by atoms with Gasteiger partial charge in [0.05, 0.1) is 6.54 Å². The van der Waals surface area contributed by atoms with E-state index in [2.05, 4.69) is 20.1 Å². The van der Waals surface area contributed by atoms with Crippen molar-refractivity contribution in [2.24, 2.45) is 5.92 Å². The van der Waals surface area contributed by atoms with Crippen molar-refractivity contribution in [1.29, 1.82) is 0 Å². The van der Waals surface area contributed by atoms with Crippen molar-refractivity contribution < 1.29 is 0 Å². The van der Waals surface area contributed by atoms with Crippen LogP contribution in [0.4, 0.5) is 0 Å². The summed E-state index contributed by atoms with van der Waals surface area (Å²) in [5, 5.41) is 8.00. The average Bonchev–Trinajstić information content (AvgIpc) is 2.85. The Morgan fingerprint density at radius 1 is 1.24 bits per heavy atom. The Bertz CT molecular complexity index is 354. The van der Waals surface area contributed by atoms with Crippen LogP contribution in [0.3, 0.4) is 0 Å². The Balaban J connectivity index is 1.47. The molecule has 4 heteroatoms. The van der Waals surface area contributed by atoms with Crippen molar-refractivity contribution in [2.45, 2.75) is 57.5 Å². The van der Waals surface area contributed by atoms with Gasteiger partial charge in [0.1, 0.15) is 12.2 Å². The Morgan fingerprint density at radius 3 is 3.00 bits per heavy atom. The summed E-state index contributed by atoms with van der Waals surface area (Å²) in [7, 11) is 0. The molecule has 17 heavy (non-hydrogen) atoms. The van der Waals surface area contributed by atoms with Crippen LogP contribution in [-0.4, -0.2) is 27.4 Å². The lowest BCUT2D eigenvalue weighted by Gasteiger charge is -2.27. The molecule has 1 saturated carbocycles. The zero-order valence-electron chi connectivity index (χ0n) is 10.4. The molecule has 0 bridgehead atoms. The zero-order valence-corrected chi connectivity index (χ0v) is 10.4. The zero-order chi connectivity index (χ0) is 11.5. The topological polar surface area (TPSA) is 42.7 Å². The Labute approximate surface area is 103 Å². The number of aromatic nitrogens is 3. The normalized spacial score (nSPS) is 25.8. The molecule has 3 rings (SSSR count). The van der Waals surface area contributed by atoms with E-state index in [9.17, 15) is 0 Å². The molecule has 1 aliphatic carbocycles. The maximum Gasteiger partial charge on any atom is 0.138 e. The van der Waals surface area contributed by atoms with Gasteiger partial charge < -0.3 is 5.32 Å². The van der Waals surface area contributed by atoms with Crippen molar-refractivity contribution >= 4 is 0 Å². The first-order chi connectivity index (χ1) is 8.42. The van der Waals surface area contributed by atoms with Gasteiger partial charge in [0.2, 0.25) is 0 Å². The smallest absolute Gasteiger partial charge is 0.138 e. The lowest BCUT2D eigenvalue weighted by atomic mass is 9.89. The van der Waals surface area contributed by atoms with Crippen LogP contribution in [0.25, 0.3) is 0 Å². The SMILES string of the molecule is c1nc2n(n1)CC(NCC1CCCCC1)CC2. The predicted molar refractivity (Wildman–Crippen MR) is 66.7 cm³/mol. The van der Waals surface area contributed by atoms with Crippen molar-refractivity contribution in [2.75, 3.05) is 6.54 Å². The molecule has 0 saturated heterocycles. The number of hydrogen-bond acceptors (Lipinski definition) is 3. The van der Waals surface area contributed by atoms with E-state index in [1.54, 1.807) is 6.33 Å². The van der Waals surface area contributed by atoms with Crippen LogP contribution in [-0.2, 0) is 13.0 Å². The number of hydrogen-bond donors (Lipinski definition) is 1. The molecule has 2 heterocycles. The van der Waals surface area contributed by atoms with Gasteiger partial charge in [-0.1, -0.05) is 19.3 Å². The third-order valence-electron chi connectivity index (χ3n) is 4.23. The molecule has 0 radical (unpaired) electrons. The van der Waals surface area contributed by atoms with E-state index in [4.69, 9.17) is 0 Å². The third-order valence-corrected chi connectivity index (χ3v) is 4.23. The monoisotopic (exact) mass is 234 g/mol. The second-order valence-electron chi connectivity index (χ2n) is 5.51. The van der Waals surface area contributed by atoms with Crippen molar-refractivity contribution in [1.82, 2.24) is 20.1 Å². The first-order valence-electron chi connectivity index (χ1n) is 7.02. The minimum absolute atomic E-state index is 0.603. The Morgan fingerprint density at radius 2 is 2.12 bits per heavy atom. The van der Waals surface area contributed by atoms with Crippen LogP contribution < -0.4 is 5.32 Å². The molecule has 0 spiro atoms. The van der Waals surface area contributed by atoms with E-state index in [0.29, 0.717) is 6.04 Å². The lowest BCUT2D eigenvalue weighted by Crippen LogP contribution is -2.40. The molecule has 1 aromatic heterocycles. The van der Waals surface area contributed by atoms with Gasteiger partial charge in [-0.2, -0.15) is 5.10 Å². The fourth-order valence-corrected chi connectivity index (χ4v) is 3.13. The number of fused-ring (bicyclic) bond motifs is 1. The highest BCUT2D eigenvalue weighted by Crippen LogP contribution is 2.23. The fourth-order valence-electron chi connectivity index (χ4n) is 3.13. The van der Waals surface area contributed by atoms with Crippen LogP contribution >= 0.6 is 0 Å². The van der Waals surface area contributed by atoms with Gasteiger partial charge in [-0.25, -0.2) is 9.67 Å². The Kier molecular flexibility index (Phi) is 3.41. The molecule has 4 nitrogen and oxygen atoms in total. The van der Waals surface area contributed by atoms with Gasteiger partial charge in [0.25, 0.3) is 0 Å². The van der Waals surface area contributed by atoms with Crippen LogP contribution in [0.15, 0.2) is 6.33 Å². The van der Waals surface area contributed by atoms with E-state index in [-0.39, 0.29) is 0 Å². The van der Waals surface area contributed by atoms with Gasteiger partial charge in [-0.05, 0) is 31.7 Å². The molecule has 0 amide bonds. The molecule has 94 valence electrons. The molecular weight excluding hydrogens is 212 g/mol. The van der Waals surface area contributed by atoms with Gasteiger partial charge in [0.15, 0.2) is 0 Å². The molecule has 0 aromatic carbocycles. The van der Waals surface area contributed by atoms with Crippen LogP contribution in [0.5, 0.6) is 0 Å². The second-order valence-corrected chi connectivity index (χ2v) is 5.51. The van der Waals surface area contributed by atoms with Gasteiger partial charge in [-0.15, -0.1) is 0 Å². The van der Waals surface area contributed by atoms with E-state index in [1.165, 1.54) is 45.1 Å². The van der Waals surface area contributed by atoms with Crippen LogP contribution in [0, 0.1) is 5.92 Å². The molecule has 1 atom stereocenters. The van der Waals surface area contributed by atoms with E-state index in [1.807, 2.05) is 0 Å². The summed E-state index contributed by atoms with van der Waals surface area (Å²) in [4.78, 5) is 4.27. The Hall–Kier alpha value is -0.900. The number of nitrogens with one attached hydrogen (secondary N) is 1. The van der Waals surface area contributed by atoms with Crippen molar-refractivity contribution in [3.8, 4) is 0 Å². The van der Waals surface area contributed by atoms with Crippen molar-refractivity contribution in [3.63, 3.8) is 0 Å². The first kappa shape index (κ1) is 11.2. The molecule has 1 unspecified atom stereocenters. The summed E-state index contributed by atoms with van der Waals surface area (Å²) in [5.41, 5.74) is 0. The summed E-state index contributed by atoms with van der Waals surface area (Å²) in [6, 6.07) is 0.603. The van der Waals surface area contributed by atoms with Gasteiger partial charge in [-0.3, -0.25) is 0 Å². The molecule has 2 aliphatic rings.